The molecule has 22 heavy (non-hydrogen) atoms. The Bertz CT molecular complexity index is 774. The van der Waals surface area contributed by atoms with E-state index in [9.17, 15) is 13.2 Å². The summed E-state index contributed by atoms with van der Waals surface area (Å²) in [4.78, 5) is 12.2. The Hall–Kier alpha value is -1.81. The van der Waals surface area contributed by atoms with Gasteiger partial charge >= 0.3 is 6.18 Å². The van der Waals surface area contributed by atoms with Gasteiger partial charge < -0.3 is 0 Å². The molecular formula is C12H10F3N5S2. The summed E-state index contributed by atoms with van der Waals surface area (Å²) in [6.45, 7) is 1.92. The molecule has 0 fully saturated rings. The Kier molecular flexibility index (Phi) is 3.96. The fourth-order valence-corrected chi connectivity index (χ4v) is 3.22. The van der Waals surface area contributed by atoms with Crippen molar-refractivity contribution in [3.05, 3.63) is 43.8 Å². The predicted molar refractivity (Wildman–Crippen MR) is 76.0 cm³/mol. The topological polar surface area (TPSA) is 67.3 Å². The monoisotopic (exact) mass is 345 g/mol. The van der Waals surface area contributed by atoms with Gasteiger partial charge in [-0.2, -0.15) is 18.3 Å². The summed E-state index contributed by atoms with van der Waals surface area (Å²) in [5, 5.41) is 11.0. The van der Waals surface area contributed by atoms with E-state index in [1.54, 1.807) is 11.3 Å². The smallest absolute Gasteiger partial charge is 0.263 e. The molecule has 5 nitrogen and oxygen atoms in total. The maximum atomic E-state index is 12.5. The highest BCUT2D eigenvalue weighted by Gasteiger charge is 2.33. The van der Waals surface area contributed by atoms with Crippen LogP contribution in [-0.2, 0) is 19.0 Å². The number of rotatable bonds is 4. The highest BCUT2D eigenvalue weighted by Crippen LogP contribution is 2.30. The van der Waals surface area contributed by atoms with Crippen molar-refractivity contribution in [2.75, 3.05) is 0 Å². The minimum Gasteiger partial charge on any atom is -0.263 e. The standard InChI is InChI=1S/C12H10F3N5S2/c1-6-16-7(4-21-6)2-9-18-10(20-19-9)3-11-17-8(5-22-11)12(13,14)15/h4-5H,2-3H2,1H3,(H,18,19,20). The van der Waals surface area contributed by atoms with E-state index in [2.05, 4.69) is 25.1 Å². The van der Waals surface area contributed by atoms with Gasteiger partial charge in [-0.15, -0.1) is 22.7 Å². The SMILES string of the molecule is Cc1nc(Cc2nc(Cc3nc(C(F)(F)F)cs3)n[nH]2)cs1. The second-order valence-corrected chi connectivity index (χ2v) is 6.54. The molecule has 0 aliphatic rings. The van der Waals surface area contributed by atoms with Gasteiger partial charge in [-0.05, 0) is 6.92 Å². The molecule has 3 aromatic rings. The second kappa shape index (κ2) is 5.76. The number of thiazole rings is 2. The van der Waals surface area contributed by atoms with Crippen molar-refractivity contribution in [1.82, 2.24) is 25.1 Å². The average Bonchev–Trinajstić information content (AvgIpc) is 3.12. The molecule has 10 heteroatoms. The van der Waals surface area contributed by atoms with Gasteiger partial charge in [0.05, 0.1) is 23.5 Å². The summed E-state index contributed by atoms with van der Waals surface area (Å²) in [6, 6.07) is 0. The van der Waals surface area contributed by atoms with Crippen LogP contribution in [-0.4, -0.2) is 25.1 Å². The molecule has 0 aliphatic heterocycles. The lowest BCUT2D eigenvalue weighted by molar-refractivity contribution is -0.140. The molecule has 0 spiro atoms. The minimum atomic E-state index is -4.42. The number of hydrogen-bond acceptors (Lipinski definition) is 6. The number of alkyl halides is 3. The zero-order valence-electron chi connectivity index (χ0n) is 11.3. The molecular weight excluding hydrogens is 335 g/mol. The molecule has 0 unspecified atom stereocenters. The molecule has 3 heterocycles. The number of halogens is 3. The van der Waals surface area contributed by atoms with Gasteiger partial charge in [-0.25, -0.2) is 15.0 Å². The zero-order chi connectivity index (χ0) is 15.7. The number of aryl methyl sites for hydroxylation is 1. The van der Waals surface area contributed by atoms with E-state index in [1.165, 1.54) is 0 Å². The van der Waals surface area contributed by atoms with Crippen molar-refractivity contribution in [3.8, 4) is 0 Å². The predicted octanol–water partition coefficient (Wildman–Crippen LogP) is 3.23. The first-order valence-electron chi connectivity index (χ1n) is 6.23. The molecule has 0 radical (unpaired) electrons. The summed E-state index contributed by atoms with van der Waals surface area (Å²) < 4.78 is 37.5. The van der Waals surface area contributed by atoms with Crippen LogP contribution in [0.2, 0.25) is 0 Å². The molecule has 3 aromatic heterocycles. The number of nitrogens with zero attached hydrogens (tertiary/aromatic N) is 4. The summed E-state index contributed by atoms with van der Waals surface area (Å²) in [5.41, 5.74) is 0.0139. The largest absolute Gasteiger partial charge is 0.434 e. The lowest BCUT2D eigenvalue weighted by Gasteiger charge is -1.99. The van der Waals surface area contributed by atoms with E-state index in [1.807, 2.05) is 12.3 Å². The van der Waals surface area contributed by atoms with Gasteiger partial charge in [-0.3, -0.25) is 5.10 Å². The molecule has 116 valence electrons. The molecule has 0 saturated heterocycles. The average molecular weight is 345 g/mol. The molecule has 0 amide bonds. The maximum absolute atomic E-state index is 12.5. The number of hydrogen-bond donors (Lipinski definition) is 1. The highest BCUT2D eigenvalue weighted by molar-refractivity contribution is 7.09. The van der Waals surface area contributed by atoms with Crippen LogP contribution in [0.25, 0.3) is 0 Å². The van der Waals surface area contributed by atoms with Gasteiger partial charge in [0.25, 0.3) is 0 Å². The van der Waals surface area contributed by atoms with Crippen LogP contribution >= 0.6 is 22.7 Å². The molecule has 0 bridgehead atoms. The Morgan fingerprint density at radius 1 is 1.09 bits per heavy atom. The molecule has 1 N–H and O–H groups in total. The summed E-state index contributed by atoms with van der Waals surface area (Å²) in [6.07, 6.45) is -3.72. The minimum absolute atomic E-state index is 0.174. The van der Waals surface area contributed by atoms with E-state index in [4.69, 9.17) is 0 Å². The van der Waals surface area contributed by atoms with Crippen LogP contribution in [0.5, 0.6) is 0 Å². The lowest BCUT2D eigenvalue weighted by atomic mass is 10.3. The second-order valence-electron chi connectivity index (χ2n) is 4.53. The first-order chi connectivity index (χ1) is 10.4. The Morgan fingerprint density at radius 2 is 1.91 bits per heavy atom. The van der Waals surface area contributed by atoms with Crippen LogP contribution < -0.4 is 0 Å². The first kappa shape index (κ1) is 15.1. The Labute approximate surface area is 131 Å². The van der Waals surface area contributed by atoms with Gasteiger partial charge in [0, 0.05) is 10.8 Å². The third-order valence-electron chi connectivity index (χ3n) is 2.74. The van der Waals surface area contributed by atoms with Crippen LogP contribution in [0, 0.1) is 6.92 Å². The molecule has 0 saturated carbocycles. The van der Waals surface area contributed by atoms with Crippen molar-refractivity contribution < 1.29 is 13.2 Å². The fourth-order valence-electron chi connectivity index (χ4n) is 1.81. The molecule has 0 aromatic carbocycles. The quantitative estimate of drug-likeness (QED) is 0.788. The van der Waals surface area contributed by atoms with Gasteiger partial charge in [0.15, 0.2) is 11.5 Å². The Morgan fingerprint density at radius 3 is 2.55 bits per heavy atom. The highest BCUT2D eigenvalue weighted by atomic mass is 32.1. The van der Waals surface area contributed by atoms with Crippen LogP contribution in [0.1, 0.15) is 33.1 Å². The van der Waals surface area contributed by atoms with Crippen LogP contribution in [0.4, 0.5) is 13.2 Å². The number of aromatic amines is 1. The van der Waals surface area contributed by atoms with Crippen LogP contribution in [0.3, 0.4) is 0 Å². The van der Waals surface area contributed by atoms with Crippen molar-refractivity contribution in [2.45, 2.75) is 25.9 Å². The maximum Gasteiger partial charge on any atom is 0.434 e. The third kappa shape index (κ3) is 3.50. The number of H-pyrrole nitrogens is 1. The van der Waals surface area contributed by atoms with Gasteiger partial charge in [0.1, 0.15) is 10.8 Å². The van der Waals surface area contributed by atoms with Gasteiger partial charge in [0.2, 0.25) is 0 Å². The fraction of sp³-hybridized carbons (Fsp3) is 0.333. The van der Waals surface area contributed by atoms with Gasteiger partial charge in [-0.1, -0.05) is 0 Å². The van der Waals surface area contributed by atoms with E-state index in [-0.39, 0.29) is 6.42 Å². The molecule has 0 atom stereocenters. The summed E-state index contributed by atoms with van der Waals surface area (Å²) in [5.74, 6) is 1.05. The van der Waals surface area contributed by atoms with Crippen molar-refractivity contribution in [2.24, 2.45) is 0 Å². The zero-order valence-corrected chi connectivity index (χ0v) is 12.9. The molecule has 3 rings (SSSR count). The lowest BCUT2D eigenvalue weighted by Crippen LogP contribution is -2.05. The van der Waals surface area contributed by atoms with E-state index >= 15 is 0 Å². The van der Waals surface area contributed by atoms with E-state index in [0.717, 1.165) is 27.4 Å². The number of nitrogens with one attached hydrogen (secondary N) is 1. The van der Waals surface area contributed by atoms with Crippen molar-refractivity contribution in [1.29, 1.82) is 0 Å². The first-order valence-corrected chi connectivity index (χ1v) is 7.99. The summed E-state index contributed by atoms with van der Waals surface area (Å²) in [7, 11) is 0. The van der Waals surface area contributed by atoms with Crippen molar-refractivity contribution in [3.63, 3.8) is 0 Å². The normalized spacial score (nSPS) is 12.0. The third-order valence-corrected chi connectivity index (χ3v) is 4.42. The molecule has 0 aliphatic carbocycles. The number of aromatic nitrogens is 5. The van der Waals surface area contributed by atoms with Crippen molar-refractivity contribution >= 4 is 22.7 Å². The van der Waals surface area contributed by atoms with E-state index in [0.29, 0.717) is 23.1 Å². The van der Waals surface area contributed by atoms with Crippen LogP contribution in [0.15, 0.2) is 10.8 Å². The van der Waals surface area contributed by atoms with E-state index < -0.39 is 11.9 Å². The summed E-state index contributed by atoms with van der Waals surface area (Å²) >= 11 is 2.50. The Balaban J connectivity index is 1.68.